The molecule has 358 valence electrons. The van der Waals surface area contributed by atoms with E-state index >= 15 is 0 Å². The summed E-state index contributed by atoms with van der Waals surface area (Å²) in [6.07, 6.45) is 6.92. The molecule has 0 aromatic heterocycles. The molecule has 1 saturated heterocycles. The van der Waals surface area contributed by atoms with Crippen LogP contribution in [0.3, 0.4) is 0 Å². The van der Waals surface area contributed by atoms with Crippen molar-refractivity contribution < 1.29 is 24.0 Å². The maximum atomic E-state index is 14.8. The van der Waals surface area contributed by atoms with Crippen molar-refractivity contribution in [2.45, 2.75) is 120 Å². The molecule has 0 bridgehead atoms. The maximum Gasteiger partial charge on any atom is 0.251 e. The zero-order chi connectivity index (χ0) is 47.9. The Balaban J connectivity index is 0.801. The first-order valence-electron chi connectivity index (χ1n) is 24.7. The van der Waals surface area contributed by atoms with Crippen LogP contribution in [0.15, 0.2) is 121 Å². The molecule has 2 aliphatic heterocycles. The molecule has 9 rings (SSSR count). The third-order valence-electron chi connectivity index (χ3n) is 14.5. The third-order valence-corrected chi connectivity index (χ3v) is 14.5. The second-order valence-corrected chi connectivity index (χ2v) is 19.1. The molecular formula is C56H64N8O5. The van der Waals surface area contributed by atoms with Crippen molar-refractivity contribution in [1.82, 2.24) is 36.8 Å². The summed E-state index contributed by atoms with van der Waals surface area (Å²) in [5.41, 5.74) is 10.1. The SMILES string of the molecule is CNC(C)C(=O)NC(Cc1ccc(NCc2ccc(C(=O)NC3CNC(C(=O)NC4CCCc5ccccc54)C3)cc2)cc1)C(=O)N1Cc2ccccc2CC1C(=O)NC1CCCc2ccccc21. The first-order chi connectivity index (χ1) is 33.6. The molecule has 13 heteroatoms. The van der Waals surface area contributed by atoms with Gasteiger partial charge in [-0.25, -0.2) is 0 Å². The number of rotatable bonds is 15. The fourth-order valence-electron chi connectivity index (χ4n) is 10.5. The van der Waals surface area contributed by atoms with Gasteiger partial charge in [0.2, 0.25) is 23.6 Å². The number of anilines is 1. The lowest BCUT2D eigenvalue weighted by Gasteiger charge is -2.39. The molecule has 7 atom stereocenters. The lowest BCUT2D eigenvalue weighted by molar-refractivity contribution is -0.145. The smallest absolute Gasteiger partial charge is 0.251 e. The third kappa shape index (κ3) is 11.2. The molecule has 0 radical (unpaired) electrons. The molecule has 7 unspecified atom stereocenters. The van der Waals surface area contributed by atoms with Gasteiger partial charge >= 0.3 is 0 Å². The number of fused-ring (bicyclic) bond motifs is 3. The first-order valence-corrected chi connectivity index (χ1v) is 24.7. The van der Waals surface area contributed by atoms with Crippen LogP contribution in [0, 0.1) is 0 Å². The summed E-state index contributed by atoms with van der Waals surface area (Å²) in [5.74, 6) is -1.01. The van der Waals surface area contributed by atoms with Gasteiger partial charge in [0.1, 0.15) is 12.1 Å². The van der Waals surface area contributed by atoms with E-state index in [9.17, 15) is 24.0 Å². The Bertz CT molecular complexity index is 2650. The average molecular weight is 929 g/mol. The highest BCUT2D eigenvalue weighted by Crippen LogP contribution is 2.32. The highest BCUT2D eigenvalue weighted by molar-refractivity contribution is 5.95. The molecule has 2 aliphatic carbocycles. The Morgan fingerprint density at radius 2 is 1.28 bits per heavy atom. The molecule has 13 nitrogen and oxygen atoms in total. The van der Waals surface area contributed by atoms with Crippen molar-refractivity contribution in [1.29, 1.82) is 0 Å². The Morgan fingerprint density at radius 3 is 1.93 bits per heavy atom. The van der Waals surface area contributed by atoms with Crippen LogP contribution in [0.25, 0.3) is 0 Å². The summed E-state index contributed by atoms with van der Waals surface area (Å²) < 4.78 is 0. The number of nitrogens with zero attached hydrogens (tertiary/aromatic N) is 1. The van der Waals surface area contributed by atoms with E-state index in [4.69, 9.17) is 0 Å². The van der Waals surface area contributed by atoms with Crippen LogP contribution in [-0.2, 0) is 58.0 Å². The van der Waals surface area contributed by atoms with Crippen molar-refractivity contribution in [2.24, 2.45) is 0 Å². The quantitative estimate of drug-likeness (QED) is 0.0698. The average Bonchev–Trinajstić information content (AvgIpc) is 3.86. The van der Waals surface area contributed by atoms with E-state index in [0.717, 1.165) is 72.0 Å². The van der Waals surface area contributed by atoms with Crippen LogP contribution in [0.1, 0.15) is 106 Å². The fraction of sp³-hybridized carbons (Fsp3) is 0.375. The van der Waals surface area contributed by atoms with Gasteiger partial charge in [-0.1, -0.05) is 97.1 Å². The zero-order valence-electron chi connectivity index (χ0n) is 39.6. The molecule has 0 spiro atoms. The molecule has 5 aromatic carbocycles. The minimum absolute atomic E-state index is 0.0139. The van der Waals surface area contributed by atoms with E-state index in [2.05, 4.69) is 61.5 Å². The predicted octanol–water partition coefficient (Wildman–Crippen LogP) is 5.74. The Morgan fingerprint density at radius 1 is 0.681 bits per heavy atom. The van der Waals surface area contributed by atoms with Gasteiger partial charge in [-0.05, 0) is 128 Å². The van der Waals surface area contributed by atoms with Crippen LogP contribution in [0.5, 0.6) is 0 Å². The highest BCUT2D eigenvalue weighted by atomic mass is 16.2. The number of carbonyl (C=O) groups is 5. The number of amides is 5. The zero-order valence-corrected chi connectivity index (χ0v) is 39.6. The number of benzene rings is 5. The highest BCUT2D eigenvalue weighted by Gasteiger charge is 2.39. The number of aryl methyl sites for hydroxylation is 2. The van der Waals surface area contributed by atoms with Crippen LogP contribution in [-0.4, -0.2) is 78.2 Å². The van der Waals surface area contributed by atoms with Gasteiger partial charge in [-0.15, -0.1) is 0 Å². The molecule has 4 aliphatic rings. The van der Waals surface area contributed by atoms with Crippen LogP contribution in [0.2, 0.25) is 0 Å². The summed E-state index contributed by atoms with van der Waals surface area (Å²) in [6, 6.07) is 36.9. The molecule has 0 saturated carbocycles. The lowest BCUT2D eigenvalue weighted by atomic mass is 9.87. The summed E-state index contributed by atoms with van der Waals surface area (Å²) in [4.78, 5) is 70.7. The molecule has 5 amide bonds. The Hall–Kier alpha value is -6.83. The molecule has 69 heavy (non-hydrogen) atoms. The van der Waals surface area contributed by atoms with Crippen molar-refractivity contribution in [2.75, 3.05) is 18.9 Å². The molecule has 2 heterocycles. The van der Waals surface area contributed by atoms with E-state index < -0.39 is 18.1 Å². The summed E-state index contributed by atoms with van der Waals surface area (Å²) in [5, 5.41) is 22.4. The predicted molar refractivity (Wildman–Crippen MR) is 267 cm³/mol. The molecule has 7 N–H and O–H groups in total. The number of carbonyl (C=O) groups excluding carboxylic acids is 5. The van der Waals surface area contributed by atoms with E-state index in [0.29, 0.717) is 31.5 Å². The standard InChI is InChI=1S/C56H64N8O5/c1-35(57-2)52(65)63-50(56(69)64-34-42-14-4-3-13-41(42)30-51(64)55(68)62-48-20-10-16-39-12-6-8-18-46(39)48)29-36-23-27-43(28-24-36)58-32-37-21-25-40(26-22-37)53(66)60-44-31-49(59-33-44)54(67)61-47-19-9-15-38-11-5-7-17-45(38)47/h3-8,11-14,17-18,21-28,35,44,47-51,57-59H,9-10,15-16,19-20,29-34H2,1-2H3,(H,60,66)(H,61,67)(H,62,68)(H,63,65). The van der Waals surface area contributed by atoms with Crippen molar-refractivity contribution >= 4 is 35.2 Å². The molecule has 1 fully saturated rings. The van der Waals surface area contributed by atoms with Gasteiger partial charge in [0, 0.05) is 49.8 Å². The first kappa shape index (κ1) is 47.2. The van der Waals surface area contributed by atoms with E-state index in [-0.39, 0.29) is 66.7 Å². The number of hydrogen-bond donors (Lipinski definition) is 7. The second-order valence-electron chi connectivity index (χ2n) is 19.1. The van der Waals surface area contributed by atoms with Crippen LogP contribution < -0.4 is 37.2 Å². The number of likely N-dealkylation sites (N-methyl/N-ethyl adjacent to an activating group) is 1. The van der Waals surface area contributed by atoms with Gasteiger partial charge in [0.05, 0.1) is 24.2 Å². The Kier molecular flexibility index (Phi) is 14.8. The summed E-state index contributed by atoms with van der Waals surface area (Å²) in [7, 11) is 1.70. The van der Waals surface area contributed by atoms with Gasteiger partial charge in [0.25, 0.3) is 5.91 Å². The summed E-state index contributed by atoms with van der Waals surface area (Å²) in [6.45, 7) is 3.04. The van der Waals surface area contributed by atoms with E-state index in [1.165, 1.54) is 16.7 Å². The van der Waals surface area contributed by atoms with Crippen LogP contribution >= 0.6 is 0 Å². The topological polar surface area (TPSA) is 173 Å². The minimum atomic E-state index is -0.922. The van der Waals surface area contributed by atoms with Gasteiger partial charge < -0.3 is 42.1 Å². The van der Waals surface area contributed by atoms with E-state index in [1.54, 1.807) is 18.9 Å². The molecular weight excluding hydrogens is 865 g/mol. The molecule has 5 aromatic rings. The van der Waals surface area contributed by atoms with Crippen molar-refractivity contribution in [3.63, 3.8) is 0 Å². The van der Waals surface area contributed by atoms with Gasteiger partial charge in [-0.2, -0.15) is 0 Å². The lowest BCUT2D eigenvalue weighted by Crippen LogP contribution is -2.59. The Labute approximate surface area is 405 Å². The van der Waals surface area contributed by atoms with Crippen molar-refractivity contribution in [3.8, 4) is 0 Å². The van der Waals surface area contributed by atoms with E-state index in [1.807, 2.05) is 97.1 Å². The summed E-state index contributed by atoms with van der Waals surface area (Å²) >= 11 is 0. The van der Waals surface area contributed by atoms with Gasteiger partial charge in [0.15, 0.2) is 0 Å². The second kappa shape index (κ2) is 21.6. The minimum Gasteiger partial charge on any atom is -0.381 e. The van der Waals surface area contributed by atoms with Gasteiger partial charge in [-0.3, -0.25) is 24.0 Å². The fourth-order valence-corrected chi connectivity index (χ4v) is 10.5. The maximum absolute atomic E-state index is 14.8. The largest absolute Gasteiger partial charge is 0.381 e. The number of nitrogens with one attached hydrogen (secondary N) is 7. The van der Waals surface area contributed by atoms with Crippen molar-refractivity contribution in [3.05, 3.63) is 171 Å². The number of hydrogen-bond acceptors (Lipinski definition) is 8. The monoisotopic (exact) mass is 928 g/mol. The normalized spacial score (nSPS) is 21.3. The van der Waals surface area contributed by atoms with Crippen LogP contribution in [0.4, 0.5) is 5.69 Å².